The third-order valence-corrected chi connectivity index (χ3v) is 4.14. The second-order valence-corrected chi connectivity index (χ2v) is 7.57. The molecule has 0 bridgehead atoms. The summed E-state index contributed by atoms with van der Waals surface area (Å²) in [5, 5.41) is 2.63. The highest BCUT2D eigenvalue weighted by atomic mass is 32.2. The molecular formula is C14H20F2N2O3S. The zero-order chi connectivity index (χ0) is 16.9. The summed E-state index contributed by atoms with van der Waals surface area (Å²) in [5.74, 6) is -2.17. The second-order valence-electron chi connectivity index (χ2n) is 5.31. The Balaban J connectivity index is 2.50. The number of hydrogen-bond acceptors (Lipinski definition) is 3. The molecule has 0 radical (unpaired) electrons. The van der Waals surface area contributed by atoms with Crippen molar-refractivity contribution in [1.29, 1.82) is 0 Å². The third kappa shape index (κ3) is 5.97. The van der Waals surface area contributed by atoms with E-state index in [1.54, 1.807) is 6.92 Å². The molecule has 5 nitrogen and oxygen atoms in total. The number of carbonyl (C=O) groups is 1. The molecular weight excluding hydrogens is 314 g/mol. The minimum atomic E-state index is -3.13. The van der Waals surface area contributed by atoms with Crippen LogP contribution in [0.2, 0.25) is 0 Å². The van der Waals surface area contributed by atoms with Gasteiger partial charge in [0.25, 0.3) is 0 Å². The van der Waals surface area contributed by atoms with Crippen molar-refractivity contribution >= 4 is 15.9 Å². The molecule has 1 rings (SSSR count). The molecule has 22 heavy (non-hydrogen) atoms. The number of carbonyl (C=O) groups excluding carboxylic acids is 1. The monoisotopic (exact) mass is 334 g/mol. The van der Waals surface area contributed by atoms with Crippen LogP contribution in [0.1, 0.15) is 18.4 Å². The largest absolute Gasteiger partial charge is 0.337 e. The van der Waals surface area contributed by atoms with Gasteiger partial charge in [-0.1, -0.05) is 13.0 Å². The highest BCUT2D eigenvalue weighted by Crippen LogP contribution is 2.17. The lowest BCUT2D eigenvalue weighted by Crippen LogP contribution is -2.40. The van der Waals surface area contributed by atoms with Crippen LogP contribution < -0.4 is 5.32 Å². The molecule has 2 amide bonds. The molecule has 0 heterocycles. The average molecular weight is 334 g/mol. The Bertz CT molecular complexity index is 635. The van der Waals surface area contributed by atoms with Crippen molar-refractivity contribution in [2.24, 2.45) is 0 Å². The van der Waals surface area contributed by atoms with Gasteiger partial charge in [-0.2, -0.15) is 0 Å². The number of halogens is 2. The van der Waals surface area contributed by atoms with E-state index < -0.39 is 27.5 Å². The topological polar surface area (TPSA) is 66.5 Å². The van der Waals surface area contributed by atoms with Crippen molar-refractivity contribution in [3.8, 4) is 0 Å². The molecule has 0 aliphatic rings. The first-order valence-corrected chi connectivity index (χ1v) is 8.78. The van der Waals surface area contributed by atoms with E-state index in [1.807, 2.05) is 0 Å². The van der Waals surface area contributed by atoms with Crippen LogP contribution in [0.15, 0.2) is 18.2 Å². The van der Waals surface area contributed by atoms with E-state index in [2.05, 4.69) is 5.32 Å². The number of rotatable bonds is 6. The summed E-state index contributed by atoms with van der Waals surface area (Å²) in [7, 11) is -1.65. The van der Waals surface area contributed by atoms with Gasteiger partial charge >= 0.3 is 6.03 Å². The summed E-state index contributed by atoms with van der Waals surface area (Å²) in [4.78, 5) is 13.1. The lowest BCUT2D eigenvalue weighted by atomic mass is 10.0. The fourth-order valence-electron chi connectivity index (χ4n) is 1.72. The molecule has 124 valence electrons. The molecule has 0 spiro atoms. The quantitative estimate of drug-likeness (QED) is 0.862. The van der Waals surface area contributed by atoms with Crippen LogP contribution in [0.25, 0.3) is 0 Å². The normalized spacial score (nSPS) is 12.8. The summed E-state index contributed by atoms with van der Waals surface area (Å²) in [6, 6.07) is 3.18. The molecule has 1 aromatic carbocycles. The molecule has 0 aliphatic carbocycles. The number of nitrogens with zero attached hydrogens (tertiary/aromatic N) is 1. The summed E-state index contributed by atoms with van der Waals surface area (Å²) < 4.78 is 48.1. The van der Waals surface area contributed by atoms with Crippen LogP contribution in [-0.2, 0) is 9.84 Å². The Morgan fingerprint density at radius 2 is 1.95 bits per heavy atom. The summed E-state index contributed by atoms with van der Waals surface area (Å²) >= 11 is 0. The maximum Gasteiger partial charge on any atom is 0.317 e. The highest BCUT2D eigenvalue weighted by Gasteiger charge is 2.14. The fraction of sp³-hybridized carbons (Fsp3) is 0.500. The van der Waals surface area contributed by atoms with Crippen LogP contribution in [0.5, 0.6) is 0 Å². The fourth-order valence-corrected chi connectivity index (χ4v) is 2.32. The Labute approximate surface area is 129 Å². The van der Waals surface area contributed by atoms with Gasteiger partial charge in [-0.05, 0) is 23.6 Å². The third-order valence-electron chi connectivity index (χ3n) is 3.22. The van der Waals surface area contributed by atoms with E-state index in [0.29, 0.717) is 5.56 Å². The molecule has 1 N–H and O–H groups in total. The minimum absolute atomic E-state index is 0.0875. The molecule has 1 aromatic rings. The Morgan fingerprint density at radius 1 is 1.32 bits per heavy atom. The van der Waals surface area contributed by atoms with Crippen molar-refractivity contribution in [1.82, 2.24) is 10.2 Å². The second kappa shape index (κ2) is 7.53. The first kappa shape index (κ1) is 18.3. The zero-order valence-corrected chi connectivity index (χ0v) is 13.6. The average Bonchev–Trinajstić information content (AvgIpc) is 2.43. The van der Waals surface area contributed by atoms with E-state index in [9.17, 15) is 22.0 Å². The molecule has 0 saturated carbocycles. The van der Waals surface area contributed by atoms with Gasteiger partial charge in [0.15, 0.2) is 11.6 Å². The lowest BCUT2D eigenvalue weighted by molar-refractivity contribution is 0.211. The standard InChI is InChI=1S/C14H20F2N2O3S/c1-10(11-4-5-12(15)13(16)8-11)9-17-14(19)18(2)6-7-22(3,20)21/h4-5,8,10H,6-7,9H2,1-3H3,(H,17,19)/t10-/m0/s1. The van der Waals surface area contributed by atoms with E-state index in [0.717, 1.165) is 18.4 Å². The van der Waals surface area contributed by atoms with Crippen LogP contribution in [0.3, 0.4) is 0 Å². The van der Waals surface area contributed by atoms with Crippen LogP contribution in [0, 0.1) is 11.6 Å². The van der Waals surface area contributed by atoms with Gasteiger partial charge < -0.3 is 10.2 Å². The SMILES string of the molecule is C[C@@H](CNC(=O)N(C)CCS(C)(=O)=O)c1ccc(F)c(F)c1. The zero-order valence-electron chi connectivity index (χ0n) is 12.8. The van der Waals surface area contributed by atoms with E-state index in [4.69, 9.17) is 0 Å². The molecule has 0 aromatic heterocycles. The first-order valence-electron chi connectivity index (χ1n) is 6.72. The van der Waals surface area contributed by atoms with Gasteiger partial charge in [-0.3, -0.25) is 0 Å². The summed E-state index contributed by atoms with van der Waals surface area (Å²) in [6.07, 6.45) is 1.10. The predicted molar refractivity (Wildman–Crippen MR) is 80.5 cm³/mol. The van der Waals surface area contributed by atoms with Crippen molar-refractivity contribution < 1.29 is 22.0 Å². The Hall–Kier alpha value is -1.70. The smallest absolute Gasteiger partial charge is 0.317 e. The Morgan fingerprint density at radius 3 is 2.50 bits per heavy atom. The molecule has 8 heteroatoms. The number of hydrogen-bond donors (Lipinski definition) is 1. The number of benzene rings is 1. The van der Waals surface area contributed by atoms with E-state index in [1.165, 1.54) is 18.0 Å². The van der Waals surface area contributed by atoms with Gasteiger partial charge in [0.05, 0.1) is 5.75 Å². The van der Waals surface area contributed by atoms with Crippen molar-refractivity contribution in [2.75, 3.05) is 32.1 Å². The molecule has 0 saturated heterocycles. The minimum Gasteiger partial charge on any atom is -0.337 e. The van der Waals surface area contributed by atoms with E-state index in [-0.39, 0.29) is 24.8 Å². The van der Waals surface area contributed by atoms with Gasteiger partial charge in [-0.15, -0.1) is 0 Å². The van der Waals surface area contributed by atoms with Crippen LogP contribution in [0.4, 0.5) is 13.6 Å². The lowest BCUT2D eigenvalue weighted by Gasteiger charge is -2.19. The first-order chi connectivity index (χ1) is 10.1. The van der Waals surface area contributed by atoms with Crippen molar-refractivity contribution in [2.45, 2.75) is 12.8 Å². The number of sulfone groups is 1. The molecule has 1 atom stereocenters. The maximum atomic E-state index is 13.2. The van der Waals surface area contributed by atoms with Gasteiger partial charge in [0.1, 0.15) is 9.84 Å². The number of nitrogens with one attached hydrogen (secondary N) is 1. The van der Waals surface area contributed by atoms with Gasteiger partial charge in [0.2, 0.25) is 0 Å². The van der Waals surface area contributed by atoms with Crippen molar-refractivity contribution in [3.05, 3.63) is 35.4 Å². The maximum absolute atomic E-state index is 13.2. The van der Waals surface area contributed by atoms with E-state index >= 15 is 0 Å². The summed E-state index contributed by atoms with van der Waals surface area (Å²) in [5.41, 5.74) is 0.568. The van der Waals surface area contributed by atoms with Gasteiger partial charge in [0, 0.05) is 26.4 Å². The van der Waals surface area contributed by atoms with Gasteiger partial charge in [-0.25, -0.2) is 22.0 Å². The van der Waals surface area contributed by atoms with Crippen LogP contribution >= 0.6 is 0 Å². The number of urea groups is 1. The number of amides is 2. The molecule has 0 aliphatic heterocycles. The summed E-state index contributed by atoms with van der Waals surface area (Å²) in [6.45, 7) is 2.08. The van der Waals surface area contributed by atoms with Crippen LogP contribution in [-0.4, -0.2) is 51.5 Å². The Kier molecular flexibility index (Phi) is 6.28. The predicted octanol–water partition coefficient (Wildman–Crippen LogP) is 1.75. The molecule has 0 unspecified atom stereocenters. The van der Waals surface area contributed by atoms with Crippen molar-refractivity contribution in [3.63, 3.8) is 0 Å². The molecule has 0 fully saturated rings. The highest BCUT2D eigenvalue weighted by molar-refractivity contribution is 7.90.